The molecule has 0 radical (unpaired) electrons. The Kier molecular flexibility index (Phi) is 9.03. The summed E-state index contributed by atoms with van der Waals surface area (Å²) < 4.78 is 1.89. The number of hydrogen-bond acceptors (Lipinski definition) is 1. The first-order valence-corrected chi connectivity index (χ1v) is 17.6. The van der Waals surface area contributed by atoms with E-state index in [1.54, 1.807) is 0 Å². The Hall–Kier alpha value is -1.57. The van der Waals surface area contributed by atoms with Crippen molar-refractivity contribution in [1.82, 2.24) is 0 Å². The van der Waals surface area contributed by atoms with Crippen LogP contribution in [0.3, 0.4) is 0 Å². The van der Waals surface area contributed by atoms with E-state index in [-0.39, 0.29) is 6.61 Å². The summed E-state index contributed by atoms with van der Waals surface area (Å²) in [5.74, 6) is 0. The predicted molar refractivity (Wildman–Crippen MR) is 131 cm³/mol. The van der Waals surface area contributed by atoms with Gasteiger partial charge >= 0.3 is 46.5 Å². The van der Waals surface area contributed by atoms with Gasteiger partial charge in [-0.3, -0.25) is 0 Å². The molecule has 0 fully saturated rings. The standard InChI is InChI=1S/C13H9.C11H11O.C2H4.2ClH.Zr/c1-3-7-12-10(5-1)9-11-6-2-4-8-13(11)12;12-6-5-9-7-10-3-1-2-4-11(10)8-9;1-2;;;/h1-9H;1-4,7-8,12H,5-6H2;1H,2H3;2*1H;/q2*-1;;;;+2/p-2. The number of aliphatic hydroxyl groups is 1. The topological polar surface area (TPSA) is 20.2 Å². The van der Waals surface area contributed by atoms with Crippen LogP contribution in [0.1, 0.15) is 12.5 Å². The molecule has 5 aromatic rings. The van der Waals surface area contributed by atoms with Crippen LogP contribution in [-0.2, 0) is 25.3 Å². The van der Waals surface area contributed by atoms with Crippen LogP contribution >= 0.6 is 17.0 Å². The normalized spacial score (nSPS) is 10.3. The molecule has 0 aromatic heterocycles. The van der Waals surface area contributed by atoms with Crippen molar-refractivity contribution >= 4 is 53.1 Å². The van der Waals surface area contributed by atoms with Crippen LogP contribution in [0.4, 0.5) is 0 Å². The third-order valence-electron chi connectivity index (χ3n) is 4.82. The second-order valence-corrected chi connectivity index (χ2v) is 15.7. The van der Waals surface area contributed by atoms with Gasteiger partial charge in [0.05, 0.1) is 0 Å². The van der Waals surface area contributed by atoms with E-state index in [0.29, 0.717) is 0 Å². The molecular formula is C26H24Cl2OZr-2. The summed E-state index contributed by atoms with van der Waals surface area (Å²) in [6.45, 7) is 2.13. The summed E-state index contributed by atoms with van der Waals surface area (Å²) in [5.41, 5.74) is 1.22. The number of fused-ring (bicyclic) bond motifs is 4. The Labute approximate surface area is 192 Å². The summed E-state index contributed by atoms with van der Waals surface area (Å²) in [7, 11) is 10.7. The quantitative estimate of drug-likeness (QED) is 0.241. The van der Waals surface area contributed by atoms with E-state index in [4.69, 9.17) is 22.1 Å². The van der Waals surface area contributed by atoms with Crippen LogP contribution in [0, 0.1) is 0 Å². The van der Waals surface area contributed by atoms with E-state index >= 15 is 0 Å². The second kappa shape index (κ2) is 11.7. The summed E-state index contributed by atoms with van der Waals surface area (Å²) >= 11 is -1.76. The SMILES string of the molecule is C[CH]=[Zr]([Cl])[Cl].OCCc1cc2ccccc2[cH-]1.c1ccc2c(c1)[cH-]c1ccccc12. The van der Waals surface area contributed by atoms with Crippen molar-refractivity contribution in [3.05, 3.63) is 96.6 Å². The maximum Gasteiger partial charge on any atom is 0.0455 e. The monoisotopic (exact) mass is 512 g/mol. The van der Waals surface area contributed by atoms with E-state index < -0.39 is 18.9 Å². The first-order valence-electron chi connectivity index (χ1n) is 9.88. The maximum atomic E-state index is 8.74. The summed E-state index contributed by atoms with van der Waals surface area (Å²) in [5, 5.41) is 16.7. The number of hydrogen-bond donors (Lipinski definition) is 1. The molecular weight excluding hydrogens is 490 g/mol. The van der Waals surface area contributed by atoms with Gasteiger partial charge in [0.1, 0.15) is 0 Å². The minimum Gasteiger partial charge on any atom is -0.396 e. The van der Waals surface area contributed by atoms with Crippen molar-refractivity contribution in [2.75, 3.05) is 6.61 Å². The molecule has 1 nitrogen and oxygen atoms in total. The number of rotatable bonds is 2. The molecule has 1 N–H and O–H groups in total. The minimum absolute atomic E-state index is 0.232. The molecule has 0 saturated carbocycles. The molecule has 0 bridgehead atoms. The van der Waals surface area contributed by atoms with Crippen molar-refractivity contribution in [3.8, 4) is 0 Å². The molecule has 0 atom stereocenters. The molecule has 0 aliphatic heterocycles. The zero-order valence-corrected chi connectivity index (χ0v) is 20.8. The van der Waals surface area contributed by atoms with Crippen LogP contribution in [0.15, 0.2) is 91.0 Å². The van der Waals surface area contributed by atoms with E-state index in [1.807, 2.05) is 22.8 Å². The molecule has 0 saturated heterocycles. The van der Waals surface area contributed by atoms with E-state index in [2.05, 4.69) is 78.9 Å². The number of benzene rings is 3. The number of halogens is 2. The van der Waals surface area contributed by atoms with Crippen molar-refractivity contribution < 1.29 is 24.0 Å². The van der Waals surface area contributed by atoms with Crippen LogP contribution in [0.25, 0.3) is 32.3 Å². The molecule has 0 spiro atoms. The van der Waals surface area contributed by atoms with Crippen LogP contribution in [0.2, 0.25) is 0 Å². The second-order valence-electron chi connectivity index (χ2n) is 6.86. The fourth-order valence-electron chi connectivity index (χ4n) is 3.39. The van der Waals surface area contributed by atoms with Gasteiger partial charge in [0.2, 0.25) is 0 Å². The third kappa shape index (κ3) is 6.22. The van der Waals surface area contributed by atoms with E-state index in [1.165, 1.54) is 37.9 Å². The van der Waals surface area contributed by atoms with Gasteiger partial charge in [-0.15, -0.1) is 80.3 Å². The molecule has 0 aliphatic rings. The first-order chi connectivity index (χ1) is 14.6. The van der Waals surface area contributed by atoms with Gasteiger partial charge < -0.3 is 5.11 Å². The Morgan fingerprint density at radius 2 is 1.30 bits per heavy atom. The van der Waals surface area contributed by atoms with Crippen molar-refractivity contribution in [3.63, 3.8) is 0 Å². The van der Waals surface area contributed by atoms with Crippen molar-refractivity contribution in [1.29, 1.82) is 0 Å². The molecule has 0 aliphatic carbocycles. The Balaban J connectivity index is 0.000000141. The largest absolute Gasteiger partial charge is 0.396 e. The molecule has 154 valence electrons. The molecule has 5 rings (SSSR count). The summed E-state index contributed by atoms with van der Waals surface area (Å²) in [6.07, 6.45) is 0.759. The molecule has 0 amide bonds. The van der Waals surface area contributed by atoms with Gasteiger partial charge in [-0.2, -0.15) is 6.07 Å². The molecule has 0 heterocycles. The third-order valence-corrected chi connectivity index (χ3v) is 8.47. The van der Waals surface area contributed by atoms with Gasteiger partial charge in [-0.25, -0.2) is 0 Å². The predicted octanol–water partition coefficient (Wildman–Crippen LogP) is 7.54. The zero-order valence-electron chi connectivity index (χ0n) is 16.9. The Morgan fingerprint density at radius 1 is 0.800 bits per heavy atom. The maximum absolute atomic E-state index is 8.74. The van der Waals surface area contributed by atoms with E-state index in [9.17, 15) is 0 Å². The van der Waals surface area contributed by atoms with Gasteiger partial charge in [-0.05, 0) is 6.42 Å². The molecule has 0 unspecified atom stereocenters. The minimum atomic E-state index is -1.76. The summed E-state index contributed by atoms with van der Waals surface area (Å²) in [4.78, 5) is 0. The van der Waals surface area contributed by atoms with Gasteiger partial charge in [0.25, 0.3) is 0 Å². The van der Waals surface area contributed by atoms with Crippen LogP contribution < -0.4 is 0 Å². The van der Waals surface area contributed by atoms with Crippen molar-refractivity contribution in [2.45, 2.75) is 13.3 Å². The van der Waals surface area contributed by atoms with Gasteiger partial charge in [0, 0.05) is 6.61 Å². The average molecular weight is 515 g/mol. The van der Waals surface area contributed by atoms with Crippen LogP contribution in [-0.4, -0.2) is 15.4 Å². The van der Waals surface area contributed by atoms with Gasteiger partial charge in [0.15, 0.2) is 0 Å². The zero-order chi connectivity index (χ0) is 21.3. The Bertz CT molecular complexity index is 1160. The summed E-state index contributed by atoms with van der Waals surface area (Å²) in [6, 6.07) is 31.8. The van der Waals surface area contributed by atoms with Crippen molar-refractivity contribution in [2.24, 2.45) is 0 Å². The molecule has 5 aromatic carbocycles. The smallest absolute Gasteiger partial charge is 0.0455 e. The first kappa shape index (κ1) is 23.1. The van der Waals surface area contributed by atoms with E-state index in [0.717, 1.165) is 6.42 Å². The number of aliphatic hydroxyl groups excluding tert-OH is 1. The van der Waals surface area contributed by atoms with Crippen LogP contribution in [0.5, 0.6) is 0 Å². The fraction of sp³-hybridized carbons (Fsp3) is 0.115. The fourth-order valence-corrected chi connectivity index (χ4v) is 3.39. The molecule has 30 heavy (non-hydrogen) atoms. The van der Waals surface area contributed by atoms with Gasteiger partial charge in [-0.1, -0.05) is 42.5 Å². The molecule has 4 heteroatoms. The average Bonchev–Trinajstić information content (AvgIpc) is 3.35. The Morgan fingerprint density at radius 3 is 1.80 bits per heavy atom.